The summed E-state index contributed by atoms with van der Waals surface area (Å²) in [6, 6.07) is 14.0. The second kappa shape index (κ2) is 5.74. The largest absolute Gasteiger partial charge is 0.335 e. The predicted molar refractivity (Wildman–Crippen MR) is 80.4 cm³/mol. The smallest absolute Gasteiger partial charge is 0.319 e. The lowest BCUT2D eigenvalue weighted by Gasteiger charge is -2.17. The van der Waals surface area contributed by atoms with Gasteiger partial charge in [0.1, 0.15) is 0 Å². The molecule has 3 heteroatoms. The number of anilines is 1. The second-order valence-corrected chi connectivity index (χ2v) is 5.19. The summed E-state index contributed by atoms with van der Waals surface area (Å²) in [4.78, 5) is 11.8. The van der Waals surface area contributed by atoms with E-state index in [4.69, 9.17) is 0 Å². The third-order valence-corrected chi connectivity index (χ3v) is 3.37. The molecule has 0 radical (unpaired) electrons. The Morgan fingerprint density at radius 2 is 1.68 bits per heavy atom. The number of rotatable bonds is 3. The van der Waals surface area contributed by atoms with Crippen LogP contribution in [0.25, 0.3) is 10.8 Å². The Hall–Kier alpha value is -2.03. The highest BCUT2D eigenvalue weighted by molar-refractivity contribution is 5.93. The molecule has 0 aromatic heterocycles. The lowest BCUT2D eigenvalue weighted by Crippen LogP contribution is -2.38. The lowest BCUT2D eigenvalue weighted by molar-refractivity contribution is 0.246. The highest BCUT2D eigenvalue weighted by Gasteiger charge is 2.10. The summed E-state index contributed by atoms with van der Waals surface area (Å²) in [5.74, 6) is 0.419. The molecule has 0 aliphatic heterocycles. The molecular formula is C16H20N2O. The number of fused-ring (bicyclic) bond motifs is 1. The van der Waals surface area contributed by atoms with Gasteiger partial charge in [-0.15, -0.1) is 0 Å². The van der Waals surface area contributed by atoms with Crippen LogP contribution in [0.1, 0.15) is 20.8 Å². The van der Waals surface area contributed by atoms with Gasteiger partial charge in [0.15, 0.2) is 0 Å². The quantitative estimate of drug-likeness (QED) is 0.856. The minimum atomic E-state index is -0.156. The van der Waals surface area contributed by atoms with Crippen molar-refractivity contribution in [3.05, 3.63) is 42.5 Å². The lowest BCUT2D eigenvalue weighted by atomic mass is 10.1. The van der Waals surface area contributed by atoms with Crippen LogP contribution in [0.3, 0.4) is 0 Å². The Morgan fingerprint density at radius 3 is 2.37 bits per heavy atom. The van der Waals surface area contributed by atoms with Crippen molar-refractivity contribution >= 4 is 22.5 Å². The van der Waals surface area contributed by atoms with E-state index in [1.807, 2.05) is 43.3 Å². The fourth-order valence-electron chi connectivity index (χ4n) is 1.81. The van der Waals surface area contributed by atoms with Crippen LogP contribution < -0.4 is 10.6 Å². The first-order valence-corrected chi connectivity index (χ1v) is 6.62. The van der Waals surface area contributed by atoms with E-state index in [1.165, 1.54) is 5.39 Å². The molecule has 2 N–H and O–H groups in total. The zero-order chi connectivity index (χ0) is 13.8. The molecule has 1 atom stereocenters. The summed E-state index contributed by atoms with van der Waals surface area (Å²) in [5.41, 5.74) is 0.812. The minimum absolute atomic E-state index is 0.153. The number of carbonyl (C=O) groups excluding carboxylic acids is 1. The molecule has 2 rings (SSSR count). The van der Waals surface area contributed by atoms with Gasteiger partial charge in [0.2, 0.25) is 0 Å². The van der Waals surface area contributed by atoms with Gasteiger partial charge in [0.05, 0.1) is 0 Å². The summed E-state index contributed by atoms with van der Waals surface area (Å²) in [6.45, 7) is 6.17. The molecule has 2 aromatic carbocycles. The van der Waals surface area contributed by atoms with Crippen LogP contribution >= 0.6 is 0 Å². The van der Waals surface area contributed by atoms with Crippen LogP contribution in [0.15, 0.2) is 42.5 Å². The SMILES string of the molecule is CC(C)C(C)NC(=O)Nc1ccc2ccccc2c1. The molecule has 0 saturated carbocycles. The third kappa shape index (κ3) is 3.47. The van der Waals surface area contributed by atoms with Crippen LogP contribution in [0.5, 0.6) is 0 Å². The zero-order valence-electron chi connectivity index (χ0n) is 11.6. The van der Waals surface area contributed by atoms with Crippen molar-refractivity contribution in [2.45, 2.75) is 26.8 Å². The number of amides is 2. The number of benzene rings is 2. The molecule has 0 aliphatic carbocycles. The van der Waals surface area contributed by atoms with Crippen LogP contribution in [0.4, 0.5) is 10.5 Å². The molecule has 0 heterocycles. The fraction of sp³-hybridized carbons (Fsp3) is 0.312. The Labute approximate surface area is 114 Å². The first-order valence-electron chi connectivity index (χ1n) is 6.62. The van der Waals surface area contributed by atoms with Gasteiger partial charge in [-0.3, -0.25) is 0 Å². The van der Waals surface area contributed by atoms with Crippen molar-refractivity contribution in [2.75, 3.05) is 5.32 Å². The van der Waals surface area contributed by atoms with Gasteiger partial charge in [-0.2, -0.15) is 0 Å². The summed E-state index contributed by atoms with van der Waals surface area (Å²) in [6.07, 6.45) is 0. The molecule has 100 valence electrons. The van der Waals surface area contributed by atoms with E-state index in [1.54, 1.807) is 0 Å². The maximum Gasteiger partial charge on any atom is 0.319 e. The standard InChI is InChI=1S/C16H20N2O/c1-11(2)12(3)17-16(19)18-15-9-8-13-6-4-5-7-14(13)10-15/h4-12H,1-3H3,(H2,17,18,19). The van der Waals surface area contributed by atoms with Crippen molar-refractivity contribution < 1.29 is 4.79 Å². The molecule has 19 heavy (non-hydrogen) atoms. The van der Waals surface area contributed by atoms with Gasteiger partial charge in [-0.1, -0.05) is 44.2 Å². The van der Waals surface area contributed by atoms with E-state index in [9.17, 15) is 4.79 Å². The Balaban J connectivity index is 2.07. The molecule has 0 fully saturated rings. The highest BCUT2D eigenvalue weighted by Crippen LogP contribution is 2.18. The van der Waals surface area contributed by atoms with E-state index in [0.717, 1.165) is 11.1 Å². The molecule has 0 bridgehead atoms. The maximum absolute atomic E-state index is 11.8. The third-order valence-electron chi connectivity index (χ3n) is 3.37. The molecule has 2 aromatic rings. The van der Waals surface area contributed by atoms with E-state index in [-0.39, 0.29) is 12.1 Å². The summed E-state index contributed by atoms with van der Waals surface area (Å²) < 4.78 is 0. The predicted octanol–water partition coefficient (Wildman–Crippen LogP) is 4.01. The van der Waals surface area contributed by atoms with E-state index < -0.39 is 0 Å². The summed E-state index contributed by atoms with van der Waals surface area (Å²) in [5, 5.41) is 8.09. The van der Waals surface area contributed by atoms with Gasteiger partial charge in [-0.05, 0) is 35.7 Å². The van der Waals surface area contributed by atoms with Crippen molar-refractivity contribution in [3.8, 4) is 0 Å². The Bertz CT molecular complexity index is 578. The van der Waals surface area contributed by atoms with E-state index in [2.05, 4.69) is 30.5 Å². The molecule has 0 spiro atoms. The number of carbonyl (C=O) groups is 1. The monoisotopic (exact) mass is 256 g/mol. The molecular weight excluding hydrogens is 236 g/mol. The Morgan fingerprint density at radius 1 is 1.00 bits per heavy atom. The van der Waals surface area contributed by atoms with Crippen LogP contribution in [0.2, 0.25) is 0 Å². The number of nitrogens with one attached hydrogen (secondary N) is 2. The molecule has 0 saturated heterocycles. The summed E-state index contributed by atoms with van der Waals surface area (Å²) >= 11 is 0. The minimum Gasteiger partial charge on any atom is -0.335 e. The zero-order valence-corrected chi connectivity index (χ0v) is 11.6. The van der Waals surface area contributed by atoms with Crippen molar-refractivity contribution in [1.82, 2.24) is 5.32 Å². The summed E-state index contributed by atoms with van der Waals surface area (Å²) in [7, 11) is 0. The molecule has 2 amide bonds. The van der Waals surface area contributed by atoms with Crippen LogP contribution in [-0.2, 0) is 0 Å². The van der Waals surface area contributed by atoms with Gasteiger partial charge in [-0.25, -0.2) is 4.79 Å². The normalized spacial score (nSPS) is 12.4. The van der Waals surface area contributed by atoms with Crippen LogP contribution in [0, 0.1) is 5.92 Å². The first kappa shape index (κ1) is 13.4. The fourth-order valence-corrected chi connectivity index (χ4v) is 1.81. The number of hydrogen-bond donors (Lipinski definition) is 2. The van der Waals surface area contributed by atoms with Gasteiger partial charge in [0.25, 0.3) is 0 Å². The van der Waals surface area contributed by atoms with Crippen molar-refractivity contribution in [1.29, 1.82) is 0 Å². The van der Waals surface area contributed by atoms with Gasteiger partial charge < -0.3 is 10.6 Å². The topological polar surface area (TPSA) is 41.1 Å². The second-order valence-electron chi connectivity index (χ2n) is 5.19. The van der Waals surface area contributed by atoms with Crippen LogP contribution in [-0.4, -0.2) is 12.1 Å². The average Bonchev–Trinajstić information content (AvgIpc) is 2.38. The maximum atomic E-state index is 11.8. The number of hydrogen-bond acceptors (Lipinski definition) is 1. The van der Waals surface area contributed by atoms with Gasteiger partial charge >= 0.3 is 6.03 Å². The van der Waals surface area contributed by atoms with Crippen molar-refractivity contribution in [2.24, 2.45) is 5.92 Å². The van der Waals surface area contributed by atoms with E-state index >= 15 is 0 Å². The van der Waals surface area contributed by atoms with Crippen molar-refractivity contribution in [3.63, 3.8) is 0 Å². The molecule has 3 nitrogen and oxygen atoms in total. The Kier molecular flexibility index (Phi) is 4.05. The molecule has 1 unspecified atom stereocenters. The average molecular weight is 256 g/mol. The van der Waals surface area contributed by atoms with Gasteiger partial charge in [0, 0.05) is 11.7 Å². The number of urea groups is 1. The highest BCUT2D eigenvalue weighted by atomic mass is 16.2. The van der Waals surface area contributed by atoms with E-state index in [0.29, 0.717) is 5.92 Å². The first-order chi connectivity index (χ1) is 9.06. The molecule has 0 aliphatic rings.